The summed E-state index contributed by atoms with van der Waals surface area (Å²) in [6.07, 6.45) is 3.97. The minimum atomic E-state index is -0.253. The number of hydrogen-bond acceptors (Lipinski definition) is 7. The second kappa shape index (κ2) is 9.54. The largest absolute Gasteiger partial charge is 0.356 e. The molecular formula is C24H28N6O3S. The Bertz CT molecular complexity index is 1290. The van der Waals surface area contributed by atoms with Gasteiger partial charge in [0, 0.05) is 32.7 Å². The van der Waals surface area contributed by atoms with Crippen molar-refractivity contribution in [3.05, 3.63) is 52.1 Å². The number of nitrogens with zero attached hydrogens (tertiary/aromatic N) is 5. The molecule has 1 N–H and O–H groups in total. The maximum Gasteiger partial charge on any atom is 0.273 e. The van der Waals surface area contributed by atoms with Crippen molar-refractivity contribution in [1.29, 1.82) is 0 Å². The SMILES string of the molecule is CCNC(=O)C1CCCN(c2nc3ncn(CC(=O)N4CCc5ccccc5C4)c(=O)c3s2)C1. The molecule has 1 atom stereocenters. The highest BCUT2D eigenvalue weighted by Gasteiger charge is 2.28. The van der Waals surface area contributed by atoms with Gasteiger partial charge < -0.3 is 15.1 Å². The van der Waals surface area contributed by atoms with Crippen LogP contribution in [-0.4, -0.2) is 57.4 Å². The zero-order chi connectivity index (χ0) is 23.7. The second-order valence-corrected chi connectivity index (χ2v) is 9.82. The molecule has 5 rings (SSSR count). The first kappa shape index (κ1) is 22.5. The van der Waals surface area contributed by atoms with Crippen molar-refractivity contribution in [3.8, 4) is 0 Å². The molecule has 1 aromatic carbocycles. The van der Waals surface area contributed by atoms with Crippen LogP contribution in [0.1, 0.15) is 30.9 Å². The number of hydrogen-bond donors (Lipinski definition) is 1. The van der Waals surface area contributed by atoms with Crippen LogP contribution in [0.3, 0.4) is 0 Å². The maximum absolute atomic E-state index is 13.1. The van der Waals surface area contributed by atoms with Gasteiger partial charge in [-0.25, -0.2) is 4.98 Å². The summed E-state index contributed by atoms with van der Waals surface area (Å²) in [4.78, 5) is 51.2. The lowest BCUT2D eigenvalue weighted by Crippen LogP contribution is -2.43. The fraction of sp³-hybridized carbons (Fsp3) is 0.458. The highest BCUT2D eigenvalue weighted by Crippen LogP contribution is 2.29. The molecule has 0 aliphatic carbocycles. The molecule has 0 radical (unpaired) electrons. The third kappa shape index (κ3) is 4.42. The van der Waals surface area contributed by atoms with E-state index in [0.29, 0.717) is 41.7 Å². The van der Waals surface area contributed by atoms with E-state index >= 15 is 0 Å². The highest BCUT2D eigenvalue weighted by atomic mass is 32.1. The van der Waals surface area contributed by atoms with E-state index < -0.39 is 0 Å². The number of anilines is 1. The lowest BCUT2D eigenvalue weighted by atomic mass is 9.97. The van der Waals surface area contributed by atoms with Crippen LogP contribution < -0.4 is 15.8 Å². The van der Waals surface area contributed by atoms with Crippen LogP contribution in [0.25, 0.3) is 10.3 Å². The molecule has 178 valence electrons. The van der Waals surface area contributed by atoms with E-state index in [4.69, 9.17) is 0 Å². The Morgan fingerprint density at radius 3 is 2.85 bits per heavy atom. The molecule has 0 spiro atoms. The summed E-state index contributed by atoms with van der Waals surface area (Å²) in [7, 11) is 0. The van der Waals surface area contributed by atoms with Crippen molar-refractivity contribution in [2.24, 2.45) is 5.92 Å². The van der Waals surface area contributed by atoms with E-state index in [1.165, 1.54) is 27.8 Å². The van der Waals surface area contributed by atoms with Gasteiger partial charge in [-0.2, -0.15) is 4.98 Å². The van der Waals surface area contributed by atoms with E-state index in [1.807, 2.05) is 25.1 Å². The monoisotopic (exact) mass is 480 g/mol. The predicted molar refractivity (Wildman–Crippen MR) is 131 cm³/mol. The Kier molecular flexibility index (Phi) is 6.32. The van der Waals surface area contributed by atoms with Gasteiger partial charge in [0.2, 0.25) is 11.8 Å². The van der Waals surface area contributed by atoms with Crippen LogP contribution in [0.2, 0.25) is 0 Å². The normalized spacial score (nSPS) is 18.1. The van der Waals surface area contributed by atoms with Crippen LogP contribution in [0, 0.1) is 5.92 Å². The molecule has 2 amide bonds. The number of carbonyl (C=O) groups is 2. The number of rotatable bonds is 5. The number of aromatic nitrogens is 3. The van der Waals surface area contributed by atoms with Crippen LogP contribution in [0.15, 0.2) is 35.4 Å². The molecule has 0 saturated carbocycles. The summed E-state index contributed by atoms with van der Waals surface area (Å²) >= 11 is 1.29. The van der Waals surface area contributed by atoms with E-state index in [0.717, 1.165) is 31.4 Å². The number of carbonyl (C=O) groups excluding carboxylic acids is 2. The molecule has 3 aromatic rings. The molecule has 2 aliphatic heterocycles. The number of benzene rings is 1. The topological polar surface area (TPSA) is 100 Å². The van der Waals surface area contributed by atoms with E-state index in [-0.39, 0.29) is 29.8 Å². The molecule has 9 nitrogen and oxygen atoms in total. The van der Waals surface area contributed by atoms with Crippen molar-refractivity contribution >= 4 is 38.6 Å². The summed E-state index contributed by atoms with van der Waals surface area (Å²) in [6.45, 7) is 5.06. The fourth-order valence-electron chi connectivity index (χ4n) is 4.72. The fourth-order valence-corrected chi connectivity index (χ4v) is 5.72. The Morgan fingerprint density at radius 1 is 1.21 bits per heavy atom. The van der Waals surface area contributed by atoms with Gasteiger partial charge in [-0.3, -0.25) is 19.0 Å². The molecule has 4 heterocycles. The van der Waals surface area contributed by atoms with Gasteiger partial charge in [-0.05, 0) is 37.3 Å². The Labute approximate surface area is 201 Å². The maximum atomic E-state index is 13.1. The molecule has 10 heteroatoms. The minimum absolute atomic E-state index is 0.0415. The first-order valence-corrected chi connectivity index (χ1v) is 12.6. The Hall–Kier alpha value is -3.27. The molecule has 1 fully saturated rings. The molecule has 1 saturated heterocycles. The zero-order valence-corrected chi connectivity index (χ0v) is 20.0. The second-order valence-electron chi connectivity index (χ2n) is 8.84. The average Bonchev–Trinajstić information content (AvgIpc) is 3.31. The first-order chi connectivity index (χ1) is 16.5. The zero-order valence-electron chi connectivity index (χ0n) is 19.2. The van der Waals surface area contributed by atoms with Crippen LogP contribution >= 0.6 is 11.3 Å². The number of thiazole rings is 1. The van der Waals surface area contributed by atoms with Gasteiger partial charge in [0.25, 0.3) is 5.56 Å². The summed E-state index contributed by atoms with van der Waals surface area (Å²) in [5.41, 5.74) is 2.57. The number of fused-ring (bicyclic) bond motifs is 2. The van der Waals surface area contributed by atoms with Gasteiger partial charge in [0.15, 0.2) is 10.8 Å². The smallest absolute Gasteiger partial charge is 0.273 e. The van der Waals surface area contributed by atoms with Crippen molar-refractivity contribution in [2.45, 2.75) is 39.3 Å². The lowest BCUT2D eigenvalue weighted by molar-refractivity contribution is -0.132. The van der Waals surface area contributed by atoms with Crippen molar-refractivity contribution in [2.75, 3.05) is 31.1 Å². The standard InChI is InChI=1S/C24H28N6O3S/c1-2-25-22(32)18-8-5-10-29(13-18)24-27-21-20(34-24)23(33)30(15-26-21)14-19(31)28-11-9-16-6-3-4-7-17(16)12-28/h3-4,6-7,15,18H,2,5,8-14H2,1H3,(H,25,32). The van der Waals surface area contributed by atoms with Gasteiger partial charge in [0.05, 0.1) is 5.92 Å². The molecule has 2 aromatic heterocycles. The number of nitrogens with one attached hydrogen (secondary N) is 1. The van der Waals surface area contributed by atoms with Gasteiger partial charge in [-0.1, -0.05) is 35.6 Å². The summed E-state index contributed by atoms with van der Waals surface area (Å²) < 4.78 is 1.82. The van der Waals surface area contributed by atoms with E-state index in [9.17, 15) is 14.4 Å². The molecule has 2 aliphatic rings. The predicted octanol–water partition coefficient (Wildman–Crippen LogP) is 1.79. The summed E-state index contributed by atoms with van der Waals surface area (Å²) in [5, 5.41) is 3.60. The lowest BCUT2D eigenvalue weighted by Gasteiger charge is -2.31. The third-order valence-electron chi connectivity index (χ3n) is 6.58. The molecule has 1 unspecified atom stereocenters. The van der Waals surface area contributed by atoms with Gasteiger partial charge >= 0.3 is 0 Å². The Morgan fingerprint density at radius 2 is 2.03 bits per heavy atom. The summed E-state index contributed by atoms with van der Waals surface area (Å²) in [6, 6.07) is 8.15. The molecule has 0 bridgehead atoms. The van der Waals surface area contributed by atoms with Crippen LogP contribution in [0.5, 0.6) is 0 Å². The Balaban J connectivity index is 1.32. The van der Waals surface area contributed by atoms with Crippen molar-refractivity contribution in [1.82, 2.24) is 24.8 Å². The quantitative estimate of drug-likeness (QED) is 0.598. The molecular weight excluding hydrogens is 452 g/mol. The van der Waals surface area contributed by atoms with Crippen molar-refractivity contribution < 1.29 is 9.59 Å². The van der Waals surface area contributed by atoms with Gasteiger partial charge in [-0.15, -0.1) is 0 Å². The third-order valence-corrected chi connectivity index (χ3v) is 7.67. The summed E-state index contributed by atoms with van der Waals surface area (Å²) in [5.74, 6) is -0.117. The number of piperidine rings is 1. The first-order valence-electron chi connectivity index (χ1n) is 11.8. The molecule has 34 heavy (non-hydrogen) atoms. The average molecular weight is 481 g/mol. The minimum Gasteiger partial charge on any atom is -0.356 e. The van der Waals surface area contributed by atoms with Gasteiger partial charge in [0.1, 0.15) is 17.6 Å². The van der Waals surface area contributed by atoms with Crippen molar-refractivity contribution in [3.63, 3.8) is 0 Å². The number of amides is 2. The highest BCUT2D eigenvalue weighted by molar-refractivity contribution is 7.22. The van der Waals surface area contributed by atoms with E-state index in [2.05, 4.69) is 26.3 Å². The van der Waals surface area contributed by atoms with E-state index in [1.54, 1.807) is 4.90 Å². The van der Waals surface area contributed by atoms with Crippen LogP contribution in [-0.2, 0) is 29.1 Å². The van der Waals surface area contributed by atoms with Crippen LogP contribution in [0.4, 0.5) is 5.13 Å².